The third kappa shape index (κ3) is 10.5. The Morgan fingerprint density at radius 3 is 1.77 bits per heavy atom. The molecule has 0 aromatic carbocycles. The van der Waals surface area contributed by atoms with E-state index >= 15 is 0 Å². The smallest absolute Gasteiger partial charge is 0.230 e. The molecule has 2 saturated heterocycles. The van der Waals surface area contributed by atoms with Crippen LogP contribution in [-0.2, 0) is 0 Å². The highest BCUT2D eigenvalue weighted by atomic mass is 15.3. The predicted molar refractivity (Wildman–Crippen MR) is 184 cm³/mol. The molecule has 8 heteroatoms. The van der Waals surface area contributed by atoms with Crippen LogP contribution in [0.25, 0.3) is 0 Å². The van der Waals surface area contributed by atoms with Gasteiger partial charge < -0.3 is 25.8 Å². The Kier molecular flexibility index (Phi) is 11.1. The van der Waals surface area contributed by atoms with Crippen LogP contribution in [0.2, 0.25) is 0 Å². The van der Waals surface area contributed by atoms with Gasteiger partial charge in [-0.2, -0.15) is 15.0 Å². The summed E-state index contributed by atoms with van der Waals surface area (Å²) in [6, 6.07) is 1.53. The summed E-state index contributed by atoms with van der Waals surface area (Å²) < 4.78 is 0. The molecule has 4 rings (SSSR count). The lowest BCUT2D eigenvalue weighted by atomic mass is 9.79. The van der Waals surface area contributed by atoms with Gasteiger partial charge in [-0.15, -0.1) is 0 Å². The first-order valence-corrected chi connectivity index (χ1v) is 17.6. The number of aromatic nitrogens is 3. The van der Waals surface area contributed by atoms with Crippen molar-refractivity contribution in [3.05, 3.63) is 5.82 Å². The summed E-state index contributed by atoms with van der Waals surface area (Å²) in [5, 5.41) is 11.4. The van der Waals surface area contributed by atoms with Gasteiger partial charge in [0.05, 0.1) is 0 Å². The van der Waals surface area contributed by atoms with E-state index in [1.165, 1.54) is 70.8 Å². The topological polar surface area (TPSA) is 81.2 Å². The predicted octanol–water partition coefficient (Wildman–Crippen LogP) is 7.09. The second-order valence-electron chi connectivity index (χ2n) is 17.0. The normalized spacial score (nSPS) is 24.3. The van der Waals surface area contributed by atoms with E-state index in [0.29, 0.717) is 18.1 Å². The fourth-order valence-corrected chi connectivity index (χ4v) is 8.78. The van der Waals surface area contributed by atoms with Gasteiger partial charge in [0.15, 0.2) is 0 Å². The van der Waals surface area contributed by atoms with Gasteiger partial charge >= 0.3 is 0 Å². The molecule has 1 aromatic rings. The second kappa shape index (κ2) is 13.9. The van der Waals surface area contributed by atoms with Crippen LogP contribution < -0.4 is 20.9 Å². The molecule has 2 aliphatic heterocycles. The van der Waals surface area contributed by atoms with E-state index in [9.17, 15) is 0 Å². The molecule has 0 amide bonds. The summed E-state index contributed by atoms with van der Waals surface area (Å²) >= 11 is 0. The Bertz CT molecular complexity index is 1000. The zero-order chi connectivity index (χ0) is 31.5. The third-order valence-corrected chi connectivity index (χ3v) is 9.99. The highest BCUT2D eigenvalue weighted by Crippen LogP contribution is 2.34. The Hall–Kier alpha value is -1.51. The maximum absolute atomic E-state index is 5.07. The lowest BCUT2D eigenvalue weighted by Crippen LogP contribution is -2.62. The van der Waals surface area contributed by atoms with Crippen LogP contribution in [0.1, 0.15) is 146 Å². The third-order valence-electron chi connectivity index (χ3n) is 9.99. The molecule has 3 heterocycles. The first kappa shape index (κ1) is 34.4. The summed E-state index contributed by atoms with van der Waals surface area (Å²) in [6.45, 7) is 23.0. The SMILES string of the molecule is Cc1nc(NC2CCCCC2)nc(N(CCCCCCN(C)C2CC(C)(C)NC(C)(C)C2)C2CC(C)(C)NC(C)(C)C2)n1.[HH]. The number of unbranched alkanes of at least 4 members (excludes halogenated alkanes) is 3. The molecule has 1 aromatic heterocycles. The lowest BCUT2D eigenvalue weighted by molar-refractivity contribution is 0.0805. The van der Waals surface area contributed by atoms with Crippen molar-refractivity contribution < 1.29 is 1.43 Å². The van der Waals surface area contributed by atoms with Crippen LogP contribution in [-0.4, -0.2) is 80.3 Å². The first-order chi connectivity index (χ1) is 20.0. The molecule has 1 saturated carbocycles. The van der Waals surface area contributed by atoms with Gasteiger partial charge in [-0.25, -0.2) is 0 Å². The molecule has 3 fully saturated rings. The van der Waals surface area contributed by atoms with Crippen molar-refractivity contribution in [3.8, 4) is 0 Å². The summed E-state index contributed by atoms with van der Waals surface area (Å²) in [5.41, 5.74) is 0.526. The molecular weight excluding hydrogens is 532 g/mol. The molecule has 0 bridgehead atoms. The highest BCUT2D eigenvalue weighted by Gasteiger charge is 2.41. The number of hydrogen-bond acceptors (Lipinski definition) is 8. The Morgan fingerprint density at radius 2 is 1.21 bits per heavy atom. The minimum absolute atomic E-state index is 0. The summed E-state index contributed by atoms with van der Waals surface area (Å²) in [6.07, 6.45) is 15.9. The fraction of sp³-hybridized carbons (Fsp3) is 0.914. The van der Waals surface area contributed by atoms with Crippen molar-refractivity contribution in [1.29, 1.82) is 0 Å². The molecule has 1 aliphatic carbocycles. The summed E-state index contributed by atoms with van der Waals surface area (Å²) in [5.74, 6) is 2.44. The Morgan fingerprint density at radius 1 is 0.698 bits per heavy atom. The first-order valence-electron chi connectivity index (χ1n) is 17.6. The van der Waals surface area contributed by atoms with Crippen LogP contribution in [0, 0.1) is 6.92 Å². The number of aryl methyl sites for hydroxylation is 1. The summed E-state index contributed by atoms with van der Waals surface area (Å²) in [7, 11) is 2.34. The number of nitrogens with zero attached hydrogens (tertiary/aromatic N) is 5. The molecule has 0 spiro atoms. The standard InChI is InChI=1S/C35H66N8.H2/c1-26-36-30(38-27-18-14-13-15-19-27)39-31(37-26)43(29-24-34(6,7)41-35(8,9)25-29)21-17-12-11-16-20-42(10)28-22-32(2,3)40-33(4,5)23-28;/h27-29,40-41H,11-25H2,1-10H3,(H,36,37,38,39);1H. The number of rotatable bonds is 12. The van der Waals surface area contributed by atoms with Gasteiger partial charge in [0, 0.05) is 48.3 Å². The number of piperidine rings is 2. The fourth-order valence-electron chi connectivity index (χ4n) is 8.78. The number of hydrogen-bond donors (Lipinski definition) is 3. The quantitative estimate of drug-likeness (QED) is 0.220. The van der Waals surface area contributed by atoms with E-state index in [1.54, 1.807) is 0 Å². The van der Waals surface area contributed by atoms with Gasteiger partial charge in [-0.1, -0.05) is 32.1 Å². The van der Waals surface area contributed by atoms with Gasteiger partial charge in [0.1, 0.15) is 5.82 Å². The lowest BCUT2D eigenvalue weighted by Gasteiger charge is -2.49. The van der Waals surface area contributed by atoms with Crippen molar-refractivity contribution >= 4 is 11.9 Å². The zero-order valence-corrected chi connectivity index (χ0v) is 29.6. The molecule has 3 N–H and O–H groups in total. The van der Waals surface area contributed by atoms with E-state index in [2.05, 4.69) is 88.2 Å². The largest absolute Gasteiger partial charge is 0.351 e. The second-order valence-corrected chi connectivity index (χ2v) is 17.0. The maximum atomic E-state index is 5.07. The highest BCUT2D eigenvalue weighted by molar-refractivity contribution is 5.39. The van der Waals surface area contributed by atoms with Crippen molar-refractivity contribution in [3.63, 3.8) is 0 Å². The van der Waals surface area contributed by atoms with E-state index in [-0.39, 0.29) is 23.6 Å². The van der Waals surface area contributed by atoms with Gasteiger partial charge in [0.2, 0.25) is 11.9 Å². The van der Waals surface area contributed by atoms with E-state index in [1.807, 2.05) is 6.92 Å². The monoisotopic (exact) mass is 601 g/mol. The number of nitrogens with one attached hydrogen (secondary N) is 3. The molecular formula is C35H68N8. The van der Waals surface area contributed by atoms with E-state index in [4.69, 9.17) is 15.0 Å². The van der Waals surface area contributed by atoms with Crippen LogP contribution in [0.15, 0.2) is 0 Å². The minimum Gasteiger partial charge on any atom is -0.351 e. The molecule has 248 valence electrons. The van der Waals surface area contributed by atoms with Gasteiger partial charge in [-0.05, 0) is 127 Å². The van der Waals surface area contributed by atoms with Crippen LogP contribution in [0.5, 0.6) is 0 Å². The van der Waals surface area contributed by atoms with E-state index < -0.39 is 0 Å². The zero-order valence-electron chi connectivity index (χ0n) is 29.6. The van der Waals surface area contributed by atoms with Crippen LogP contribution in [0.4, 0.5) is 11.9 Å². The summed E-state index contributed by atoms with van der Waals surface area (Å²) in [4.78, 5) is 19.9. The van der Waals surface area contributed by atoms with E-state index in [0.717, 1.165) is 43.5 Å². The molecule has 3 aliphatic rings. The minimum atomic E-state index is 0. The van der Waals surface area contributed by atoms with Crippen LogP contribution >= 0.6 is 0 Å². The number of anilines is 2. The average molecular weight is 601 g/mol. The molecule has 0 radical (unpaired) electrons. The maximum Gasteiger partial charge on any atom is 0.230 e. The van der Waals surface area contributed by atoms with Crippen molar-refractivity contribution in [2.45, 2.75) is 186 Å². The van der Waals surface area contributed by atoms with Gasteiger partial charge in [-0.3, -0.25) is 0 Å². The van der Waals surface area contributed by atoms with Crippen molar-refractivity contribution in [2.75, 3.05) is 30.4 Å². The molecule has 0 atom stereocenters. The van der Waals surface area contributed by atoms with Crippen LogP contribution in [0.3, 0.4) is 0 Å². The van der Waals surface area contributed by atoms with Crippen molar-refractivity contribution in [1.82, 2.24) is 30.5 Å². The Labute approximate surface area is 265 Å². The molecule has 43 heavy (non-hydrogen) atoms. The van der Waals surface area contributed by atoms with Gasteiger partial charge in [0.25, 0.3) is 0 Å². The Balaban J connectivity index is 0.00000529. The van der Waals surface area contributed by atoms with Crippen molar-refractivity contribution in [2.24, 2.45) is 0 Å². The average Bonchev–Trinajstić information content (AvgIpc) is 2.84. The molecule has 0 unspecified atom stereocenters. The molecule has 8 nitrogen and oxygen atoms in total.